The monoisotopic (exact) mass is 562 g/mol. The molecule has 1 aromatic carbocycles. The maximum absolute atomic E-state index is 13.1. The van der Waals surface area contributed by atoms with Gasteiger partial charge in [-0.3, -0.25) is 24.2 Å². The fraction of sp³-hybridized carbons (Fsp3) is 0.417. The molecular weight excluding hydrogens is 528 g/mol. The number of nitrogens with two attached hydrogens (primary N) is 3. The lowest BCUT2D eigenvalue weighted by atomic mass is 10.0. The Bertz CT molecular complexity index is 1240. The molecule has 0 bridgehead atoms. The van der Waals surface area contributed by atoms with Crippen molar-refractivity contribution in [3.63, 3.8) is 0 Å². The number of fused-ring (bicyclic) bond motifs is 1. The van der Waals surface area contributed by atoms with Crippen LogP contribution in [0.2, 0.25) is 0 Å². The van der Waals surface area contributed by atoms with Crippen molar-refractivity contribution in [3.8, 4) is 0 Å². The SMILES string of the molecule is NC(N)=NCCCC(N)C(=O)NC(CC(=O)O)C(=O)NC(Cc1c[nH]c2ccccc12)C(=O)NC(CO)C(=O)O. The first-order valence-corrected chi connectivity index (χ1v) is 12.3. The van der Waals surface area contributed by atoms with Gasteiger partial charge in [-0.1, -0.05) is 18.2 Å². The molecule has 2 aromatic rings. The van der Waals surface area contributed by atoms with Crippen LogP contribution >= 0.6 is 0 Å². The molecule has 0 aliphatic heterocycles. The van der Waals surface area contributed by atoms with E-state index in [1.165, 1.54) is 0 Å². The number of hydrogen-bond acceptors (Lipinski definition) is 8. The van der Waals surface area contributed by atoms with E-state index < -0.39 is 66.9 Å². The molecule has 16 heteroatoms. The lowest BCUT2D eigenvalue weighted by molar-refractivity contribution is -0.144. The Labute approximate surface area is 228 Å². The van der Waals surface area contributed by atoms with E-state index in [4.69, 9.17) is 17.2 Å². The number of carboxylic acids is 2. The van der Waals surface area contributed by atoms with E-state index in [0.717, 1.165) is 10.9 Å². The molecule has 2 rings (SSSR count). The highest BCUT2D eigenvalue weighted by Gasteiger charge is 2.32. The Morgan fingerprint density at radius 1 is 0.925 bits per heavy atom. The zero-order valence-electron chi connectivity index (χ0n) is 21.5. The van der Waals surface area contributed by atoms with Crippen LogP contribution in [0.4, 0.5) is 0 Å². The van der Waals surface area contributed by atoms with Gasteiger partial charge in [-0.05, 0) is 24.5 Å². The summed E-state index contributed by atoms with van der Waals surface area (Å²) in [5, 5.41) is 35.4. The van der Waals surface area contributed by atoms with Gasteiger partial charge >= 0.3 is 11.9 Å². The molecule has 16 nitrogen and oxygen atoms in total. The molecule has 0 fully saturated rings. The van der Waals surface area contributed by atoms with Crippen LogP contribution in [-0.2, 0) is 30.4 Å². The number of carbonyl (C=O) groups excluding carboxylic acids is 3. The van der Waals surface area contributed by atoms with Gasteiger partial charge in [0.2, 0.25) is 17.7 Å². The molecule has 218 valence electrons. The highest BCUT2D eigenvalue weighted by molar-refractivity contribution is 5.96. The smallest absolute Gasteiger partial charge is 0.328 e. The number of carboxylic acid groups (broad SMARTS) is 2. The summed E-state index contributed by atoms with van der Waals surface area (Å²) in [5.74, 6) is -5.81. The average molecular weight is 563 g/mol. The minimum Gasteiger partial charge on any atom is -0.481 e. The minimum absolute atomic E-state index is 0.128. The summed E-state index contributed by atoms with van der Waals surface area (Å²) in [6.07, 6.45) is 1.12. The van der Waals surface area contributed by atoms with Crippen LogP contribution in [0.15, 0.2) is 35.5 Å². The highest BCUT2D eigenvalue weighted by Crippen LogP contribution is 2.19. The summed E-state index contributed by atoms with van der Waals surface area (Å²) in [4.78, 5) is 68.3. The van der Waals surface area contributed by atoms with Gasteiger partial charge in [0, 0.05) is 30.1 Å². The largest absolute Gasteiger partial charge is 0.481 e. The molecule has 13 N–H and O–H groups in total. The van der Waals surface area contributed by atoms with Gasteiger partial charge in [0.15, 0.2) is 5.96 Å². The van der Waals surface area contributed by atoms with Crippen molar-refractivity contribution in [2.24, 2.45) is 22.2 Å². The normalized spacial score (nSPS) is 13.8. The number of carbonyl (C=O) groups is 5. The average Bonchev–Trinajstić information content (AvgIpc) is 3.30. The van der Waals surface area contributed by atoms with Crippen molar-refractivity contribution >= 4 is 46.5 Å². The number of hydrogen-bond donors (Lipinski definition) is 10. The highest BCUT2D eigenvalue weighted by atomic mass is 16.4. The number of aromatic amines is 1. The number of amides is 3. The Morgan fingerprint density at radius 3 is 2.17 bits per heavy atom. The quantitative estimate of drug-likeness (QED) is 0.0562. The topological polar surface area (TPSA) is 288 Å². The van der Waals surface area contributed by atoms with Gasteiger partial charge in [-0.15, -0.1) is 0 Å². The third-order valence-electron chi connectivity index (χ3n) is 5.85. The maximum Gasteiger partial charge on any atom is 0.328 e. The number of aliphatic hydroxyl groups excluding tert-OH is 1. The number of para-hydroxylation sites is 1. The van der Waals surface area contributed by atoms with Crippen LogP contribution < -0.4 is 33.2 Å². The van der Waals surface area contributed by atoms with Crippen LogP contribution in [0.3, 0.4) is 0 Å². The minimum atomic E-state index is -1.65. The van der Waals surface area contributed by atoms with E-state index >= 15 is 0 Å². The molecule has 0 aliphatic carbocycles. The molecule has 0 radical (unpaired) electrons. The van der Waals surface area contributed by atoms with E-state index in [2.05, 4.69) is 25.9 Å². The number of H-pyrrole nitrogens is 1. The maximum atomic E-state index is 13.1. The van der Waals surface area contributed by atoms with E-state index in [9.17, 15) is 39.3 Å². The molecule has 1 heterocycles. The van der Waals surface area contributed by atoms with Gasteiger partial charge in [-0.25, -0.2) is 4.79 Å². The van der Waals surface area contributed by atoms with Crippen LogP contribution in [-0.4, -0.2) is 93.2 Å². The standard InChI is InChI=1S/C24H34N8O8/c25-14(5-3-7-28-24(26)27)20(36)30-17(9-19(34)35)22(38)31-16(21(37)32-18(11-33)23(39)40)8-12-10-29-15-6-2-1-4-13(12)15/h1-2,4,6,10,14,16-18,29,33H,3,5,7-9,11,25H2,(H,30,36)(H,31,38)(H,32,37)(H,34,35)(H,39,40)(H4,26,27,28). The van der Waals surface area contributed by atoms with E-state index in [-0.39, 0.29) is 25.3 Å². The Balaban J connectivity index is 2.23. The number of guanidine groups is 1. The number of aliphatic imine (C=N–C) groups is 1. The summed E-state index contributed by atoms with van der Waals surface area (Å²) >= 11 is 0. The molecule has 4 unspecified atom stereocenters. The predicted octanol–water partition coefficient (Wildman–Crippen LogP) is -2.90. The van der Waals surface area contributed by atoms with Crippen molar-refractivity contribution in [2.75, 3.05) is 13.2 Å². The molecule has 0 aliphatic rings. The van der Waals surface area contributed by atoms with E-state index in [1.807, 2.05) is 0 Å². The summed E-state index contributed by atoms with van der Waals surface area (Å²) in [6, 6.07) is 1.34. The van der Waals surface area contributed by atoms with Crippen LogP contribution in [0.5, 0.6) is 0 Å². The number of aliphatic carboxylic acids is 2. The number of aromatic nitrogens is 1. The predicted molar refractivity (Wildman–Crippen MR) is 143 cm³/mol. The van der Waals surface area contributed by atoms with Crippen molar-refractivity contribution in [2.45, 2.75) is 49.9 Å². The molecule has 0 saturated carbocycles. The van der Waals surface area contributed by atoms with Crippen molar-refractivity contribution in [1.29, 1.82) is 0 Å². The summed E-state index contributed by atoms with van der Waals surface area (Å²) < 4.78 is 0. The molecular formula is C24H34N8O8. The number of rotatable bonds is 16. The second-order valence-electron chi connectivity index (χ2n) is 8.92. The summed E-state index contributed by atoms with van der Waals surface area (Å²) in [5.41, 5.74) is 17.7. The van der Waals surface area contributed by atoms with Gasteiger partial charge < -0.3 is 53.5 Å². The first kappa shape index (κ1) is 31.5. The van der Waals surface area contributed by atoms with Gasteiger partial charge in [0.1, 0.15) is 18.1 Å². The Kier molecular flexibility index (Phi) is 11.8. The molecule has 1 aromatic heterocycles. The third kappa shape index (κ3) is 9.55. The second-order valence-corrected chi connectivity index (χ2v) is 8.92. The van der Waals surface area contributed by atoms with Gasteiger partial charge in [-0.2, -0.15) is 0 Å². The lowest BCUT2D eigenvalue weighted by Gasteiger charge is -2.24. The number of benzene rings is 1. The van der Waals surface area contributed by atoms with Gasteiger partial charge in [0.25, 0.3) is 0 Å². The zero-order valence-corrected chi connectivity index (χ0v) is 21.5. The summed E-state index contributed by atoms with van der Waals surface area (Å²) in [6.45, 7) is -0.703. The molecule has 3 amide bonds. The first-order chi connectivity index (χ1) is 18.9. The molecule has 4 atom stereocenters. The van der Waals surface area contributed by atoms with E-state index in [0.29, 0.717) is 12.0 Å². The van der Waals surface area contributed by atoms with Crippen LogP contribution in [0.1, 0.15) is 24.8 Å². The fourth-order valence-electron chi connectivity index (χ4n) is 3.77. The second kappa shape index (κ2) is 15.0. The molecule has 40 heavy (non-hydrogen) atoms. The molecule has 0 saturated heterocycles. The number of aliphatic hydroxyl groups is 1. The zero-order chi connectivity index (χ0) is 29.8. The van der Waals surface area contributed by atoms with Crippen molar-refractivity contribution in [3.05, 3.63) is 36.0 Å². The first-order valence-electron chi connectivity index (χ1n) is 12.3. The third-order valence-corrected chi connectivity index (χ3v) is 5.85. The van der Waals surface area contributed by atoms with Crippen molar-refractivity contribution < 1.29 is 39.3 Å². The van der Waals surface area contributed by atoms with Gasteiger partial charge in [0.05, 0.1) is 19.1 Å². The Morgan fingerprint density at radius 2 is 1.55 bits per heavy atom. The van der Waals surface area contributed by atoms with Crippen LogP contribution in [0.25, 0.3) is 10.9 Å². The number of nitrogens with zero attached hydrogens (tertiary/aromatic N) is 1. The number of nitrogens with one attached hydrogen (secondary N) is 4. The molecule has 0 spiro atoms. The lowest BCUT2D eigenvalue weighted by Crippen LogP contribution is -2.58. The van der Waals surface area contributed by atoms with Crippen LogP contribution in [0, 0.1) is 0 Å². The van der Waals surface area contributed by atoms with Crippen molar-refractivity contribution in [1.82, 2.24) is 20.9 Å². The fourth-order valence-corrected chi connectivity index (χ4v) is 3.77. The Hall–Kier alpha value is -4.70. The summed E-state index contributed by atoms with van der Waals surface area (Å²) in [7, 11) is 0. The van der Waals surface area contributed by atoms with E-state index in [1.54, 1.807) is 30.5 Å².